The van der Waals surface area contributed by atoms with Crippen LogP contribution in [0.1, 0.15) is 12.2 Å². The number of fused-ring (bicyclic) bond motifs is 2. The molecule has 26 heavy (non-hydrogen) atoms. The first-order chi connectivity index (χ1) is 12.5. The molecule has 1 aliphatic rings. The lowest BCUT2D eigenvalue weighted by molar-refractivity contribution is 0.0984. The number of pyridine rings is 2. The normalized spacial score (nSPS) is 18.5. The lowest BCUT2D eigenvalue weighted by Gasteiger charge is -2.09. The maximum absolute atomic E-state index is 13.2. The summed E-state index contributed by atoms with van der Waals surface area (Å²) in [6.07, 6.45) is 3.63. The SMILES string of the molecule is FC1(F)CC1Cc1nnc2c(Cl)c(-c3cccc4cccnc34)ccn12. The average Bonchev–Trinajstić information content (AvgIpc) is 3.04. The second-order valence-electron chi connectivity index (χ2n) is 6.60. The van der Waals surface area contributed by atoms with Gasteiger partial charge in [0.2, 0.25) is 0 Å². The van der Waals surface area contributed by atoms with Crippen molar-refractivity contribution in [3.8, 4) is 11.1 Å². The molecule has 3 aromatic heterocycles. The first-order valence-electron chi connectivity index (χ1n) is 8.29. The number of benzene rings is 1. The number of aromatic nitrogens is 4. The minimum atomic E-state index is -2.58. The molecule has 1 saturated carbocycles. The van der Waals surface area contributed by atoms with Crippen molar-refractivity contribution in [2.75, 3.05) is 0 Å². The number of rotatable bonds is 3. The van der Waals surface area contributed by atoms with Crippen LogP contribution < -0.4 is 0 Å². The third kappa shape index (κ3) is 2.36. The summed E-state index contributed by atoms with van der Waals surface area (Å²) < 4.78 is 28.1. The maximum Gasteiger partial charge on any atom is 0.252 e. The van der Waals surface area contributed by atoms with E-state index in [0.29, 0.717) is 16.5 Å². The van der Waals surface area contributed by atoms with E-state index in [4.69, 9.17) is 11.6 Å². The van der Waals surface area contributed by atoms with Gasteiger partial charge in [0.25, 0.3) is 5.92 Å². The highest BCUT2D eigenvalue weighted by atomic mass is 35.5. The molecule has 7 heteroatoms. The van der Waals surface area contributed by atoms with Crippen LogP contribution in [-0.4, -0.2) is 25.5 Å². The van der Waals surface area contributed by atoms with Crippen molar-refractivity contribution in [1.82, 2.24) is 19.6 Å². The predicted octanol–water partition coefficient (Wildman–Crippen LogP) is 4.80. The fourth-order valence-corrected chi connectivity index (χ4v) is 3.65. The third-order valence-corrected chi connectivity index (χ3v) is 5.27. The van der Waals surface area contributed by atoms with E-state index in [2.05, 4.69) is 15.2 Å². The molecule has 1 aromatic carbocycles. The first kappa shape index (κ1) is 15.6. The molecule has 0 radical (unpaired) electrons. The van der Waals surface area contributed by atoms with Crippen LogP contribution in [0, 0.1) is 5.92 Å². The predicted molar refractivity (Wildman–Crippen MR) is 95.5 cm³/mol. The van der Waals surface area contributed by atoms with Gasteiger partial charge in [-0.3, -0.25) is 9.38 Å². The summed E-state index contributed by atoms with van der Waals surface area (Å²) in [5.41, 5.74) is 3.00. The van der Waals surface area contributed by atoms with Gasteiger partial charge in [-0.1, -0.05) is 35.9 Å². The maximum atomic E-state index is 13.2. The van der Waals surface area contributed by atoms with E-state index in [0.717, 1.165) is 22.0 Å². The highest BCUT2D eigenvalue weighted by molar-refractivity contribution is 6.36. The standard InChI is InChI=1S/C19H13ClF2N4/c20-16-13(14-5-1-3-11-4-2-7-23-17(11)14)6-8-26-15(24-25-18(16)26)9-12-10-19(12,21)22/h1-8,12H,9-10H2. The lowest BCUT2D eigenvalue weighted by atomic mass is 10.0. The highest BCUT2D eigenvalue weighted by Crippen LogP contribution is 2.50. The van der Waals surface area contributed by atoms with Crippen molar-refractivity contribution >= 4 is 28.2 Å². The number of nitrogens with zero attached hydrogens (tertiary/aromatic N) is 4. The number of para-hydroxylation sites is 1. The zero-order valence-corrected chi connectivity index (χ0v) is 14.3. The molecule has 0 amide bonds. The van der Waals surface area contributed by atoms with Gasteiger partial charge in [0, 0.05) is 47.7 Å². The average molecular weight is 371 g/mol. The zero-order chi connectivity index (χ0) is 17.9. The molecule has 0 N–H and O–H groups in total. The molecular formula is C19H13ClF2N4. The van der Waals surface area contributed by atoms with Crippen molar-refractivity contribution in [2.45, 2.75) is 18.8 Å². The monoisotopic (exact) mass is 370 g/mol. The molecular weight excluding hydrogens is 358 g/mol. The van der Waals surface area contributed by atoms with E-state index in [1.165, 1.54) is 0 Å². The number of hydrogen-bond donors (Lipinski definition) is 0. The van der Waals surface area contributed by atoms with E-state index < -0.39 is 11.8 Å². The van der Waals surface area contributed by atoms with Crippen molar-refractivity contribution in [2.24, 2.45) is 5.92 Å². The molecule has 1 unspecified atom stereocenters. The molecule has 1 fully saturated rings. The Morgan fingerprint density at radius 3 is 2.73 bits per heavy atom. The first-order valence-corrected chi connectivity index (χ1v) is 8.66. The molecule has 130 valence electrons. The Hall–Kier alpha value is -2.60. The summed E-state index contributed by atoms with van der Waals surface area (Å²) in [4.78, 5) is 4.46. The molecule has 0 saturated heterocycles. The van der Waals surface area contributed by atoms with Crippen molar-refractivity contribution in [3.63, 3.8) is 0 Å². The summed E-state index contributed by atoms with van der Waals surface area (Å²) in [6.45, 7) is 0. The molecule has 3 heterocycles. The summed E-state index contributed by atoms with van der Waals surface area (Å²) in [5, 5.41) is 9.66. The fraction of sp³-hybridized carbons (Fsp3) is 0.211. The highest BCUT2D eigenvalue weighted by Gasteiger charge is 2.56. The Balaban J connectivity index is 1.63. The Morgan fingerprint density at radius 1 is 1.12 bits per heavy atom. The Labute approximate surface area is 152 Å². The van der Waals surface area contributed by atoms with Gasteiger partial charge in [0.1, 0.15) is 5.82 Å². The van der Waals surface area contributed by atoms with E-state index in [1.807, 2.05) is 36.4 Å². The summed E-state index contributed by atoms with van der Waals surface area (Å²) in [7, 11) is 0. The van der Waals surface area contributed by atoms with Gasteiger partial charge >= 0.3 is 0 Å². The Kier molecular flexibility index (Phi) is 3.28. The quantitative estimate of drug-likeness (QED) is 0.520. The molecule has 5 rings (SSSR count). The fourth-order valence-electron chi connectivity index (χ4n) is 3.35. The Morgan fingerprint density at radius 2 is 1.92 bits per heavy atom. The minimum absolute atomic E-state index is 0.0879. The molecule has 4 aromatic rings. The van der Waals surface area contributed by atoms with E-state index in [-0.39, 0.29) is 12.8 Å². The van der Waals surface area contributed by atoms with Crippen LogP contribution >= 0.6 is 11.6 Å². The van der Waals surface area contributed by atoms with Gasteiger partial charge < -0.3 is 0 Å². The molecule has 0 spiro atoms. The smallest absolute Gasteiger partial charge is 0.252 e. The minimum Gasteiger partial charge on any atom is -0.285 e. The number of alkyl halides is 2. The van der Waals surface area contributed by atoms with Gasteiger partial charge in [-0.25, -0.2) is 8.78 Å². The van der Waals surface area contributed by atoms with Crippen LogP contribution in [0.2, 0.25) is 5.02 Å². The van der Waals surface area contributed by atoms with Crippen LogP contribution in [0.4, 0.5) is 8.78 Å². The summed E-state index contributed by atoms with van der Waals surface area (Å²) in [5.74, 6) is -2.73. The zero-order valence-electron chi connectivity index (χ0n) is 13.5. The van der Waals surface area contributed by atoms with E-state index >= 15 is 0 Å². The van der Waals surface area contributed by atoms with Crippen molar-refractivity contribution in [1.29, 1.82) is 0 Å². The number of hydrogen-bond acceptors (Lipinski definition) is 3. The largest absolute Gasteiger partial charge is 0.285 e. The topological polar surface area (TPSA) is 43.1 Å². The van der Waals surface area contributed by atoms with Crippen molar-refractivity contribution < 1.29 is 8.78 Å². The van der Waals surface area contributed by atoms with Crippen LogP contribution in [0.3, 0.4) is 0 Å². The van der Waals surface area contributed by atoms with Gasteiger partial charge in [0.15, 0.2) is 5.65 Å². The molecule has 1 atom stereocenters. The molecule has 4 nitrogen and oxygen atoms in total. The van der Waals surface area contributed by atoms with E-state index in [9.17, 15) is 8.78 Å². The van der Waals surface area contributed by atoms with Gasteiger partial charge in [-0.15, -0.1) is 10.2 Å². The van der Waals surface area contributed by atoms with Crippen LogP contribution in [0.25, 0.3) is 27.7 Å². The summed E-state index contributed by atoms with van der Waals surface area (Å²) >= 11 is 6.60. The second-order valence-corrected chi connectivity index (χ2v) is 6.98. The van der Waals surface area contributed by atoms with E-state index in [1.54, 1.807) is 16.8 Å². The van der Waals surface area contributed by atoms with Gasteiger partial charge in [-0.2, -0.15) is 0 Å². The Bertz CT molecular complexity index is 1150. The third-order valence-electron chi connectivity index (χ3n) is 4.90. The van der Waals surface area contributed by atoms with Crippen LogP contribution in [-0.2, 0) is 6.42 Å². The van der Waals surface area contributed by atoms with Gasteiger partial charge in [-0.05, 0) is 12.1 Å². The second kappa shape index (κ2) is 5.45. The number of halogens is 3. The molecule has 1 aliphatic carbocycles. The van der Waals surface area contributed by atoms with Crippen LogP contribution in [0.15, 0.2) is 48.8 Å². The summed E-state index contributed by atoms with van der Waals surface area (Å²) in [6, 6.07) is 11.6. The van der Waals surface area contributed by atoms with Gasteiger partial charge in [0.05, 0.1) is 10.5 Å². The van der Waals surface area contributed by atoms with Crippen molar-refractivity contribution in [3.05, 3.63) is 59.6 Å². The molecule has 0 bridgehead atoms. The lowest BCUT2D eigenvalue weighted by Crippen LogP contribution is -2.02. The van der Waals surface area contributed by atoms with Crippen LogP contribution in [0.5, 0.6) is 0 Å². The molecule has 0 aliphatic heterocycles.